The normalized spacial score (nSPS) is 10.1. The smallest absolute Gasteiger partial charge is 0.413 e. The highest BCUT2D eigenvalue weighted by molar-refractivity contribution is 5.92. The predicted octanol–water partition coefficient (Wildman–Crippen LogP) is 3.50. The molecule has 102 valence electrons. The van der Waals surface area contributed by atoms with Crippen molar-refractivity contribution in [2.75, 3.05) is 0 Å². The van der Waals surface area contributed by atoms with E-state index in [4.69, 9.17) is 10.1 Å². The number of carbonyl (C=O) groups excluding carboxylic acids is 1. The van der Waals surface area contributed by atoms with Gasteiger partial charge in [-0.2, -0.15) is 0 Å². The summed E-state index contributed by atoms with van der Waals surface area (Å²) in [6.07, 6.45) is -1.12. The van der Waals surface area contributed by atoms with Crippen LogP contribution in [0.2, 0.25) is 0 Å². The fraction of sp³-hybridized carbons (Fsp3) is 0.125. The number of ether oxygens (including phenoxy) is 1. The zero-order valence-electron chi connectivity index (χ0n) is 11.2. The molecular formula is C16H16N2O2. The standard InChI is InChI=1S/C16H16N2O2/c1-12(17)18-16(19)20-15(13-8-4-2-5-9-13)14-10-6-3-7-11-14/h2-11,15H,1H3,(H2,17,18,19). The van der Waals surface area contributed by atoms with Crippen molar-refractivity contribution in [3.63, 3.8) is 0 Å². The lowest BCUT2D eigenvalue weighted by atomic mass is 10.0. The van der Waals surface area contributed by atoms with E-state index in [0.717, 1.165) is 11.1 Å². The van der Waals surface area contributed by atoms with Crippen LogP contribution in [0.3, 0.4) is 0 Å². The molecule has 0 unspecified atom stereocenters. The van der Waals surface area contributed by atoms with Crippen LogP contribution in [0.1, 0.15) is 24.2 Å². The molecule has 0 fully saturated rings. The minimum absolute atomic E-state index is 0.0508. The van der Waals surface area contributed by atoms with Crippen LogP contribution < -0.4 is 5.32 Å². The first-order valence-electron chi connectivity index (χ1n) is 6.29. The van der Waals surface area contributed by atoms with E-state index < -0.39 is 12.2 Å². The van der Waals surface area contributed by atoms with Crippen molar-refractivity contribution in [1.82, 2.24) is 5.32 Å². The molecule has 0 saturated heterocycles. The highest BCUT2D eigenvalue weighted by Crippen LogP contribution is 2.25. The number of hydrogen-bond donors (Lipinski definition) is 2. The zero-order valence-corrected chi connectivity index (χ0v) is 11.2. The van der Waals surface area contributed by atoms with Gasteiger partial charge in [-0.1, -0.05) is 60.7 Å². The topological polar surface area (TPSA) is 62.2 Å². The van der Waals surface area contributed by atoms with E-state index in [1.54, 1.807) is 0 Å². The third kappa shape index (κ3) is 3.68. The van der Waals surface area contributed by atoms with E-state index in [1.807, 2.05) is 60.7 Å². The van der Waals surface area contributed by atoms with Gasteiger partial charge in [0, 0.05) is 0 Å². The molecule has 0 radical (unpaired) electrons. The molecule has 0 spiro atoms. The number of amides is 1. The van der Waals surface area contributed by atoms with Gasteiger partial charge in [-0.3, -0.25) is 10.7 Å². The molecule has 20 heavy (non-hydrogen) atoms. The van der Waals surface area contributed by atoms with Gasteiger partial charge in [-0.25, -0.2) is 4.79 Å². The second kappa shape index (κ2) is 6.52. The average molecular weight is 268 g/mol. The lowest BCUT2D eigenvalue weighted by Gasteiger charge is -2.18. The largest absolute Gasteiger partial charge is 0.436 e. The molecule has 0 saturated carbocycles. The molecule has 1 amide bonds. The van der Waals surface area contributed by atoms with E-state index in [9.17, 15) is 4.79 Å². The molecule has 2 aromatic rings. The van der Waals surface area contributed by atoms with Crippen LogP contribution >= 0.6 is 0 Å². The van der Waals surface area contributed by atoms with Crippen molar-refractivity contribution < 1.29 is 9.53 Å². The molecule has 2 aromatic carbocycles. The minimum atomic E-state index is -0.629. The fourth-order valence-corrected chi connectivity index (χ4v) is 1.87. The Morgan fingerprint density at radius 2 is 1.45 bits per heavy atom. The summed E-state index contributed by atoms with van der Waals surface area (Å²) in [5.74, 6) is 0.0508. The highest BCUT2D eigenvalue weighted by atomic mass is 16.6. The molecule has 0 aliphatic rings. The van der Waals surface area contributed by atoms with Crippen LogP contribution in [0.15, 0.2) is 60.7 Å². The Balaban J connectivity index is 2.26. The number of amidine groups is 1. The molecule has 0 bridgehead atoms. The first-order chi connectivity index (χ1) is 9.66. The third-order valence-electron chi connectivity index (χ3n) is 2.72. The molecule has 2 N–H and O–H groups in total. The van der Waals surface area contributed by atoms with Gasteiger partial charge >= 0.3 is 6.09 Å². The Morgan fingerprint density at radius 3 is 1.85 bits per heavy atom. The van der Waals surface area contributed by atoms with Crippen molar-refractivity contribution >= 4 is 11.9 Å². The van der Waals surface area contributed by atoms with Gasteiger partial charge in [-0.15, -0.1) is 0 Å². The van der Waals surface area contributed by atoms with Crippen LogP contribution in [0.4, 0.5) is 4.79 Å². The van der Waals surface area contributed by atoms with E-state index in [1.165, 1.54) is 6.92 Å². The lowest BCUT2D eigenvalue weighted by Crippen LogP contribution is -2.29. The second-order valence-corrected chi connectivity index (χ2v) is 4.36. The lowest BCUT2D eigenvalue weighted by molar-refractivity contribution is 0.121. The number of alkyl carbamates (subject to hydrolysis) is 1. The molecule has 4 nitrogen and oxygen atoms in total. The van der Waals surface area contributed by atoms with Crippen LogP contribution in [-0.2, 0) is 4.74 Å². The summed E-state index contributed by atoms with van der Waals surface area (Å²) < 4.78 is 5.44. The van der Waals surface area contributed by atoms with Crippen molar-refractivity contribution in [1.29, 1.82) is 5.41 Å². The zero-order chi connectivity index (χ0) is 14.4. The number of benzene rings is 2. The second-order valence-electron chi connectivity index (χ2n) is 4.36. The Kier molecular flexibility index (Phi) is 4.50. The summed E-state index contributed by atoms with van der Waals surface area (Å²) >= 11 is 0. The summed E-state index contributed by atoms with van der Waals surface area (Å²) in [6, 6.07) is 19.0. The average Bonchev–Trinajstić information content (AvgIpc) is 2.46. The van der Waals surface area contributed by atoms with Gasteiger partial charge < -0.3 is 4.74 Å². The summed E-state index contributed by atoms with van der Waals surface area (Å²) in [5, 5.41) is 9.60. The Labute approximate surface area is 117 Å². The minimum Gasteiger partial charge on any atom is -0.436 e. The van der Waals surface area contributed by atoms with Crippen LogP contribution in [0.25, 0.3) is 0 Å². The molecule has 0 heterocycles. The van der Waals surface area contributed by atoms with Crippen molar-refractivity contribution in [2.45, 2.75) is 13.0 Å². The maximum absolute atomic E-state index is 11.7. The summed E-state index contributed by atoms with van der Waals surface area (Å²) in [5.41, 5.74) is 1.77. The van der Waals surface area contributed by atoms with E-state index in [0.29, 0.717) is 0 Å². The third-order valence-corrected chi connectivity index (χ3v) is 2.72. The number of hydrogen-bond acceptors (Lipinski definition) is 3. The number of carbonyl (C=O) groups is 1. The SMILES string of the molecule is CC(=N)NC(=O)OC(c1ccccc1)c1ccccc1. The molecule has 4 heteroatoms. The highest BCUT2D eigenvalue weighted by Gasteiger charge is 2.18. The maximum Gasteiger partial charge on any atom is 0.413 e. The fourth-order valence-electron chi connectivity index (χ4n) is 1.87. The number of nitrogens with one attached hydrogen (secondary N) is 2. The van der Waals surface area contributed by atoms with Gasteiger partial charge in [0.15, 0.2) is 6.10 Å². The van der Waals surface area contributed by atoms with Crippen molar-refractivity contribution in [3.8, 4) is 0 Å². The Hall–Kier alpha value is -2.62. The van der Waals surface area contributed by atoms with E-state index >= 15 is 0 Å². The first-order valence-corrected chi connectivity index (χ1v) is 6.29. The Morgan fingerprint density at radius 1 is 1.00 bits per heavy atom. The molecule has 0 atom stereocenters. The summed E-state index contributed by atoms with van der Waals surface area (Å²) in [4.78, 5) is 11.7. The predicted molar refractivity (Wildman–Crippen MR) is 77.7 cm³/mol. The Bertz CT molecular complexity index is 542. The first kappa shape index (κ1) is 13.8. The molecule has 0 aliphatic carbocycles. The van der Waals surface area contributed by atoms with Gasteiger partial charge in [0.25, 0.3) is 0 Å². The quantitative estimate of drug-likeness (QED) is 0.661. The van der Waals surface area contributed by atoms with Gasteiger partial charge in [0.1, 0.15) is 0 Å². The molecule has 0 aromatic heterocycles. The van der Waals surface area contributed by atoms with Crippen molar-refractivity contribution in [2.24, 2.45) is 0 Å². The van der Waals surface area contributed by atoms with Crippen LogP contribution in [0.5, 0.6) is 0 Å². The van der Waals surface area contributed by atoms with Gasteiger partial charge in [-0.05, 0) is 18.1 Å². The summed E-state index contributed by atoms with van der Waals surface area (Å²) in [7, 11) is 0. The molecular weight excluding hydrogens is 252 g/mol. The molecule has 0 aliphatic heterocycles. The van der Waals surface area contributed by atoms with E-state index in [2.05, 4.69) is 5.32 Å². The monoisotopic (exact) mass is 268 g/mol. The number of rotatable bonds is 3. The molecule has 2 rings (SSSR count). The van der Waals surface area contributed by atoms with Crippen LogP contribution in [-0.4, -0.2) is 11.9 Å². The van der Waals surface area contributed by atoms with Gasteiger partial charge in [0.05, 0.1) is 5.84 Å². The van der Waals surface area contributed by atoms with Crippen LogP contribution in [0, 0.1) is 5.41 Å². The van der Waals surface area contributed by atoms with Gasteiger partial charge in [0.2, 0.25) is 0 Å². The maximum atomic E-state index is 11.7. The summed E-state index contributed by atoms with van der Waals surface area (Å²) in [6.45, 7) is 1.49. The van der Waals surface area contributed by atoms with E-state index in [-0.39, 0.29) is 5.84 Å². The van der Waals surface area contributed by atoms with Crippen molar-refractivity contribution in [3.05, 3.63) is 71.8 Å².